The lowest BCUT2D eigenvalue weighted by molar-refractivity contribution is 0.0991. The van der Waals surface area contributed by atoms with Crippen LogP contribution in [0.4, 0.5) is 10.1 Å². The van der Waals surface area contributed by atoms with E-state index in [4.69, 9.17) is 0 Å². The lowest BCUT2D eigenvalue weighted by Crippen LogP contribution is -2.26. The first kappa shape index (κ1) is 13.5. The molecule has 2 rings (SSSR count). The molecule has 0 spiro atoms. The van der Waals surface area contributed by atoms with Crippen molar-refractivity contribution in [3.8, 4) is 0 Å². The van der Waals surface area contributed by atoms with Crippen molar-refractivity contribution < 1.29 is 9.18 Å². The van der Waals surface area contributed by atoms with Gasteiger partial charge in [-0.3, -0.25) is 9.78 Å². The van der Waals surface area contributed by atoms with E-state index in [2.05, 4.69) is 4.98 Å². The minimum Gasteiger partial charge on any atom is -0.310 e. The summed E-state index contributed by atoms with van der Waals surface area (Å²) in [5.74, 6) is -0.800. The zero-order chi connectivity index (χ0) is 13.8. The van der Waals surface area contributed by atoms with Crippen molar-refractivity contribution in [3.63, 3.8) is 0 Å². The Morgan fingerprint density at radius 1 is 1.32 bits per heavy atom. The van der Waals surface area contributed by atoms with E-state index < -0.39 is 5.82 Å². The first-order chi connectivity index (χ1) is 9.13. The molecule has 0 saturated carbocycles. The molecule has 0 unspecified atom stereocenters. The topological polar surface area (TPSA) is 33.2 Å². The van der Waals surface area contributed by atoms with Crippen molar-refractivity contribution >= 4 is 23.4 Å². The number of carbonyl (C=O) groups is 1. The number of nitrogens with zero attached hydrogens (tertiary/aromatic N) is 2. The Morgan fingerprint density at radius 2 is 2.05 bits per heavy atom. The number of amides is 1. The van der Waals surface area contributed by atoms with Gasteiger partial charge in [0.25, 0.3) is 5.91 Å². The van der Waals surface area contributed by atoms with E-state index >= 15 is 0 Å². The molecule has 0 aliphatic rings. The molecule has 0 fully saturated rings. The highest BCUT2D eigenvalue weighted by molar-refractivity contribution is 7.98. The molecule has 0 radical (unpaired) electrons. The second kappa shape index (κ2) is 5.84. The summed E-state index contributed by atoms with van der Waals surface area (Å²) in [6.45, 7) is 0. The number of thioether (sulfide) groups is 1. The van der Waals surface area contributed by atoms with Crippen LogP contribution in [0.3, 0.4) is 0 Å². The molecule has 0 aliphatic carbocycles. The fourth-order valence-electron chi connectivity index (χ4n) is 1.74. The maximum absolute atomic E-state index is 13.1. The van der Waals surface area contributed by atoms with Crippen LogP contribution in [0.2, 0.25) is 0 Å². The minimum absolute atomic E-state index is 0.235. The Labute approximate surface area is 115 Å². The highest BCUT2D eigenvalue weighted by atomic mass is 32.2. The van der Waals surface area contributed by atoms with Crippen LogP contribution in [-0.2, 0) is 0 Å². The van der Waals surface area contributed by atoms with Crippen LogP contribution in [-0.4, -0.2) is 24.2 Å². The molecule has 0 aliphatic heterocycles. The van der Waals surface area contributed by atoms with E-state index in [0.717, 1.165) is 16.8 Å². The molecular weight excluding hydrogens is 263 g/mol. The van der Waals surface area contributed by atoms with Gasteiger partial charge >= 0.3 is 0 Å². The van der Waals surface area contributed by atoms with Gasteiger partial charge in [0.05, 0.1) is 17.4 Å². The van der Waals surface area contributed by atoms with Crippen LogP contribution in [0.5, 0.6) is 0 Å². The van der Waals surface area contributed by atoms with Gasteiger partial charge in [0.2, 0.25) is 0 Å². The average molecular weight is 276 g/mol. The third kappa shape index (κ3) is 2.93. The van der Waals surface area contributed by atoms with E-state index in [1.165, 1.54) is 17.2 Å². The molecule has 2 aromatic rings. The van der Waals surface area contributed by atoms with Gasteiger partial charge in [0.1, 0.15) is 5.82 Å². The van der Waals surface area contributed by atoms with Crippen molar-refractivity contribution in [2.75, 3.05) is 18.2 Å². The second-order valence-electron chi connectivity index (χ2n) is 3.93. The first-order valence-electron chi connectivity index (χ1n) is 5.65. The Morgan fingerprint density at radius 3 is 2.74 bits per heavy atom. The quantitative estimate of drug-likeness (QED) is 0.807. The first-order valence-corrected chi connectivity index (χ1v) is 6.87. The number of anilines is 1. The number of halogens is 1. The molecule has 1 aromatic carbocycles. The predicted octanol–water partition coefficient (Wildman–Crippen LogP) is 3.22. The Balaban J connectivity index is 2.33. The summed E-state index contributed by atoms with van der Waals surface area (Å²) in [6, 6.07) is 8.76. The SMILES string of the molecule is CSc1ccccc1N(C)C(=O)c1cncc(F)c1. The van der Waals surface area contributed by atoms with Crippen LogP contribution in [0.15, 0.2) is 47.6 Å². The number of hydrogen-bond donors (Lipinski definition) is 0. The molecular formula is C14H13FN2OS. The molecule has 0 saturated heterocycles. The van der Waals surface area contributed by atoms with Gasteiger partial charge in [0, 0.05) is 18.1 Å². The fraction of sp³-hybridized carbons (Fsp3) is 0.143. The van der Waals surface area contributed by atoms with Crippen molar-refractivity contribution in [2.24, 2.45) is 0 Å². The van der Waals surface area contributed by atoms with Crippen molar-refractivity contribution in [1.82, 2.24) is 4.98 Å². The van der Waals surface area contributed by atoms with E-state index in [-0.39, 0.29) is 11.5 Å². The van der Waals surface area contributed by atoms with Crippen LogP contribution < -0.4 is 4.90 Å². The second-order valence-corrected chi connectivity index (χ2v) is 4.78. The molecule has 5 heteroatoms. The van der Waals surface area contributed by atoms with E-state index in [0.29, 0.717) is 0 Å². The van der Waals surface area contributed by atoms with Gasteiger partial charge < -0.3 is 4.90 Å². The summed E-state index contributed by atoms with van der Waals surface area (Å²) < 4.78 is 13.1. The number of rotatable bonds is 3. The summed E-state index contributed by atoms with van der Waals surface area (Å²) >= 11 is 1.56. The van der Waals surface area contributed by atoms with Gasteiger partial charge in [-0.2, -0.15) is 0 Å². The average Bonchev–Trinajstić information content (AvgIpc) is 2.45. The number of carbonyl (C=O) groups excluding carboxylic acids is 1. The summed E-state index contributed by atoms with van der Waals surface area (Å²) in [7, 11) is 1.67. The van der Waals surface area contributed by atoms with Gasteiger partial charge in [0.15, 0.2) is 0 Å². The molecule has 19 heavy (non-hydrogen) atoms. The lowest BCUT2D eigenvalue weighted by Gasteiger charge is -2.19. The maximum atomic E-state index is 13.1. The number of aromatic nitrogens is 1. The Kier molecular flexibility index (Phi) is 4.16. The highest BCUT2D eigenvalue weighted by Crippen LogP contribution is 2.28. The zero-order valence-electron chi connectivity index (χ0n) is 10.6. The van der Waals surface area contributed by atoms with Crippen molar-refractivity contribution in [3.05, 3.63) is 54.1 Å². The van der Waals surface area contributed by atoms with Crippen LogP contribution in [0, 0.1) is 5.82 Å². The predicted molar refractivity (Wildman–Crippen MR) is 75.2 cm³/mol. The minimum atomic E-state index is -0.516. The molecule has 98 valence electrons. The third-order valence-corrected chi connectivity index (χ3v) is 3.49. The molecule has 1 aromatic heterocycles. The molecule has 1 heterocycles. The zero-order valence-corrected chi connectivity index (χ0v) is 11.4. The van der Waals surface area contributed by atoms with E-state index in [9.17, 15) is 9.18 Å². The summed E-state index contributed by atoms with van der Waals surface area (Å²) in [5, 5.41) is 0. The van der Waals surface area contributed by atoms with Crippen molar-refractivity contribution in [1.29, 1.82) is 0 Å². The van der Waals surface area contributed by atoms with Crippen LogP contribution in [0.1, 0.15) is 10.4 Å². The number of benzene rings is 1. The summed E-state index contributed by atoms with van der Waals surface area (Å²) in [4.78, 5) is 18.5. The maximum Gasteiger partial charge on any atom is 0.259 e. The smallest absolute Gasteiger partial charge is 0.259 e. The van der Waals surface area contributed by atoms with Gasteiger partial charge in [-0.1, -0.05) is 12.1 Å². The van der Waals surface area contributed by atoms with Gasteiger partial charge in [-0.25, -0.2) is 4.39 Å². The normalized spacial score (nSPS) is 10.3. The van der Waals surface area contributed by atoms with Crippen LogP contribution in [0.25, 0.3) is 0 Å². The summed E-state index contributed by atoms with van der Waals surface area (Å²) in [5.41, 5.74) is 1.03. The van der Waals surface area contributed by atoms with E-state index in [1.54, 1.807) is 18.8 Å². The molecule has 3 nitrogen and oxygen atoms in total. The number of pyridine rings is 1. The monoisotopic (exact) mass is 276 g/mol. The van der Waals surface area contributed by atoms with Gasteiger partial charge in [-0.05, 0) is 24.5 Å². The van der Waals surface area contributed by atoms with E-state index in [1.807, 2.05) is 30.5 Å². The molecule has 0 bridgehead atoms. The fourth-order valence-corrected chi connectivity index (χ4v) is 2.37. The van der Waals surface area contributed by atoms with Crippen molar-refractivity contribution in [2.45, 2.75) is 4.90 Å². The van der Waals surface area contributed by atoms with Gasteiger partial charge in [-0.15, -0.1) is 11.8 Å². The third-order valence-electron chi connectivity index (χ3n) is 2.70. The summed E-state index contributed by atoms with van der Waals surface area (Å²) in [6.07, 6.45) is 4.39. The molecule has 0 atom stereocenters. The lowest BCUT2D eigenvalue weighted by atomic mass is 10.2. The Hall–Kier alpha value is -1.88. The Bertz CT molecular complexity index is 604. The largest absolute Gasteiger partial charge is 0.310 e. The molecule has 1 amide bonds. The number of hydrogen-bond acceptors (Lipinski definition) is 3. The molecule has 0 N–H and O–H groups in total. The van der Waals surface area contributed by atoms with Crippen LogP contribution >= 0.6 is 11.8 Å². The standard InChI is InChI=1S/C14H13FN2OS/c1-17(12-5-3-4-6-13(12)19-2)14(18)10-7-11(15)9-16-8-10/h3-9H,1-2H3. The highest BCUT2D eigenvalue weighted by Gasteiger charge is 2.16. The number of para-hydroxylation sites is 1.